The molecule has 1 unspecified atom stereocenters. The van der Waals surface area contributed by atoms with E-state index in [1.54, 1.807) is 0 Å². The van der Waals surface area contributed by atoms with Crippen LogP contribution in [0.15, 0.2) is 0 Å². The fourth-order valence-electron chi connectivity index (χ4n) is 2.81. The molecule has 1 atom stereocenters. The van der Waals surface area contributed by atoms with Crippen LogP contribution in [0.5, 0.6) is 0 Å². The van der Waals surface area contributed by atoms with E-state index in [1.807, 2.05) is 0 Å². The largest absolute Gasteiger partial charge is 0.0654 e. The molecule has 0 nitrogen and oxygen atoms in total. The maximum absolute atomic E-state index is 2.47. The summed E-state index contributed by atoms with van der Waals surface area (Å²) in [5.41, 5.74) is 0.588. The summed E-state index contributed by atoms with van der Waals surface area (Å²) in [6.45, 7) is 11.9. The summed E-state index contributed by atoms with van der Waals surface area (Å²) < 4.78 is 0. The minimum absolute atomic E-state index is 0.588. The van der Waals surface area contributed by atoms with Crippen molar-refractivity contribution in [2.24, 2.45) is 11.3 Å². The van der Waals surface area contributed by atoms with Gasteiger partial charge in [-0.1, -0.05) is 98.8 Å². The summed E-state index contributed by atoms with van der Waals surface area (Å²) in [5, 5.41) is 0. The topological polar surface area (TPSA) is 0 Å². The third kappa shape index (κ3) is 12.8. The van der Waals surface area contributed by atoms with E-state index >= 15 is 0 Å². The van der Waals surface area contributed by atoms with E-state index in [0.29, 0.717) is 5.41 Å². The second kappa shape index (κ2) is 11.8. The molecule has 116 valence electrons. The summed E-state index contributed by atoms with van der Waals surface area (Å²) in [5.74, 6) is 0.940. The highest BCUT2D eigenvalue weighted by Gasteiger charge is 2.16. The Morgan fingerprint density at radius 2 is 1.26 bits per heavy atom. The molecule has 0 aliphatic carbocycles. The summed E-state index contributed by atoms with van der Waals surface area (Å²) in [4.78, 5) is 0. The molecule has 0 heteroatoms. The molecule has 0 aromatic heterocycles. The molecule has 19 heavy (non-hydrogen) atoms. The Morgan fingerprint density at radius 3 is 1.79 bits per heavy atom. The minimum Gasteiger partial charge on any atom is -0.0654 e. The fourth-order valence-corrected chi connectivity index (χ4v) is 2.81. The first-order valence-corrected chi connectivity index (χ1v) is 9.02. The maximum atomic E-state index is 2.47. The fraction of sp³-hybridized carbons (Fsp3) is 1.00. The van der Waals surface area contributed by atoms with Gasteiger partial charge in [0.05, 0.1) is 0 Å². The SMILES string of the molecule is CCCCCCC(C)(C)CCCCCCC(C)CC. The second-order valence-corrected chi connectivity index (χ2v) is 7.44. The van der Waals surface area contributed by atoms with E-state index in [9.17, 15) is 0 Å². The van der Waals surface area contributed by atoms with Crippen molar-refractivity contribution < 1.29 is 0 Å². The third-order valence-electron chi connectivity index (χ3n) is 4.70. The van der Waals surface area contributed by atoms with Gasteiger partial charge in [0, 0.05) is 0 Å². The zero-order valence-electron chi connectivity index (χ0n) is 14.6. The van der Waals surface area contributed by atoms with Crippen LogP contribution in [0.1, 0.15) is 112 Å². The van der Waals surface area contributed by atoms with Crippen LogP contribution >= 0.6 is 0 Å². The predicted octanol–water partition coefficient (Wildman–Crippen LogP) is 7.37. The molecule has 0 aromatic carbocycles. The summed E-state index contributed by atoms with van der Waals surface area (Å²) in [6.07, 6.45) is 17.1. The van der Waals surface area contributed by atoms with Crippen LogP contribution in [0.3, 0.4) is 0 Å². The molecule has 0 bridgehead atoms. The quantitative estimate of drug-likeness (QED) is 0.306. The molecule has 0 aliphatic rings. The van der Waals surface area contributed by atoms with Gasteiger partial charge in [0.25, 0.3) is 0 Å². The Labute approximate surface area is 123 Å². The van der Waals surface area contributed by atoms with E-state index < -0.39 is 0 Å². The number of unbranched alkanes of at least 4 members (excludes halogenated alkanes) is 6. The van der Waals surface area contributed by atoms with Crippen LogP contribution in [0.2, 0.25) is 0 Å². The van der Waals surface area contributed by atoms with Gasteiger partial charge in [0.1, 0.15) is 0 Å². The number of hydrogen-bond acceptors (Lipinski definition) is 0. The van der Waals surface area contributed by atoms with Crippen molar-refractivity contribution in [1.82, 2.24) is 0 Å². The zero-order valence-corrected chi connectivity index (χ0v) is 14.6. The maximum Gasteiger partial charge on any atom is -0.0354 e. The average Bonchev–Trinajstić information content (AvgIpc) is 2.38. The molecule has 0 radical (unpaired) electrons. The highest BCUT2D eigenvalue weighted by molar-refractivity contribution is 4.68. The van der Waals surface area contributed by atoms with Crippen molar-refractivity contribution in [3.05, 3.63) is 0 Å². The first-order chi connectivity index (χ1) is 9.02. The van der Waals surface area contributed by atoms with Crippen molar-refractivity contribution in [3.8, 4) is 0 Å². The lowest BCUT2D eigenvalue weighted by molar-refractivity contribution is 0.282. The van der Waals surface area contributed by atoms with Crippen molar-refractivity contribution >= 4 is 0 Å². The molecule has 0 saturated carbocycles. The van der Waals surface area contributed by atoms with Crippen molar-refractivity contribution in [2.75, 3.05) is 0 Å². The van der Waals surface area contributed by atoms with Gasteiger partial charge in [-0.25, -0.2) is 0 Å². The van der Waals surface area contributed by atoms with Crippen LogP contribution in [-0.4, -0.2) is 0 Å². The number of hydrogen-bond donors (Lipinski definition) is 0. The van der Waals surface area contributed by atoms with E-state index in [1.165, 1.54) is 77.0 Å². The molecule has 0 N–H and O–H groups in total. The molecule has 0 aromatic rings. The van der Waals surface area contributed by atoms with Gasteiger partial charge in [-0.2, -0.15) is 0 Å². The number of rotatable bonds is 13. The Hall–Kier alpha value is 0. The summed E-state index contributed by atoms with van der Waals surface area (Å²) in [7, 11) is 0. The Morgan fingerprint density at radius 1 is 0.737 bits per heavy atom. The van der Waals surface area contributed by atoms with Gasteiger partial charge in [-0.15, -0.1) is 0 Å². The van der Waals surface area contributed by atoms with Crippen LogP contribution in [0.25, 0.3) is 0 Å². The molecule has 0 spiro atoms. The van der Waals surface area contributed by atoms with Crippen LogP contribution in [0.4, 0.5) is 0 Å². The van der Waals surface area contributed by atoms with Gasteiger partial charge >= 0.3 is 0 Å². The monoisotopic (exact) mass is 268 g/mol. The van der Waals surface area contributed by atoms with Gasteiger partial charge in [0.2, 0.25) is 0 Å². The van der Waals surface area contributed by atoms with Crippen molar-refractivity contribution in [1.29, 1.82) is 0 Å². The van der Waals surface area contributed by atoms with E-state index in [-0.39, 0.29) is 0 Å². The predicted molar refractivity (Wildman–Crippen MR) is 89.7 cm³/mol. The standard InChI is InChI=1S/C19H40/c1-6-8-9-13-16-19(4,5)17-14-11-10-12-15-18(3)7-2/h18H,6-17H2,1-5H3. The first kappa shape index (κ1) is 19.0. The van der Waals surface area contributed by atoms with Crippen LogP contribution in [-0.2, 0) is 0 Å². The van der Waals surface area contributed by atoms with E-state index in [4.69, 9.17) is 0 Å². The van der Waals surface area contributed by atoms with Gasteiger partial charge in [0.15, 0.2) is 0 Å². The van der Waals surface area contributed by atoms with Gasteiger partial charge in [-0.3, -0.25) is 0 Å². The van der Waals surface area contributed by atoms with Gasteiger partial charge in [-0.05, 0) is 24.2 Å². The van der Waals surface area contributed by atoms with Crippen LogP contribution in [0, 0.1) is 11.3 Å². The lowest BCUT2D eigenvalue weighted by Gasteiger charge is -2.24. The highest BCUT2D eigenvalue weighted by atomic mass is 14.2. The minimum atomic E-state index is 0.588. The first-order valence-electron chi connectivity index (χ1n) is 9.02. The lowest BCUT2D eigenvalue weighted by atomic mass is 9.82. The van der Waals surface area contributed by atoms with E-state index in [0.717, 1.165) is 5.92 Å². The Bertz CT molecular complexity index is 180. The molecular weight excluding hydrogens is 228 g/mol. The molecular formula is C19H40. The molecule has 0 aliphatic heterocycles. The average molecular weight is 269 g/mol. The van der Waals surface area contributed by atoms with Crippen LogP contribution < -0.4 is 0 Å². The molecule has 0 amide bonds. The summed E-state index contributed by atoms with van der Waals surface area (Å²) in [6, 6.07) is 0. The van der Waals surface area contributed by atoms with E-state index in [2.05, 4.69) is 34.6 Å². The second-order valence-electron chi connectivity index (χ2n) is 7.44. The Balaban J connectivity index is 3.42. The smallest absolute Gasteiger partial charge is 0.0354 e. The highest BCUT2D eigenvalue weighted by Crippen LogP contribution is 2.30. The lowest BCUT2D eigenvalue weighted by Crippen LogP contribution is -2.11. The molecule has 0 heterocycles. The molecule has 0 fully saturated rings. The Kier molecular flexibility index (Phi) is 11.8. The molecule has 0 rings (SSSR count). The third-order valence-corrected chi connectivity index (χ3v) is 4.70. The van der Waals surface area contributed by atoms with Gasteiger partial charge < -0.3 is 0 Å². The summed E-state index contributed by atoms with van der Waals surface area (Å²) >= 11 is 0. The van der Waals surface area contributed by atoms with Crippen molar-refractivity contribution in [3.63, 3.8) is 0 Å². The van der Waals surface area contributed by atoms with Crippen molar-refractivity contribution in [2.45, 2.75) is 112 Å². The normalized spacial score (nSPS) is 13.7. The molecule has 0 saturated heterocycles. The zero-order chi connectivity index (χ0) is 14.6.